The van der Waals surface area contributed by atoms with E-state index in [-0.39, 0.29) is 34.8 Å². The van der Waals surface area contributed by atoms with Crippen LogP contribution in [-0.2, 0) is 4.79 Å². The van der Waals surface area contributed by atoms with E-state index in [0.29, 0.717) is 36.6 Å². The highest BCUT2D eigenvalue weighted by Crippen LogP contribution is 2.36. The van der Waals surface area contributed by atoms with Gasteiger partial charge in [-0.05, 0) is 43.2 Å². The number of halogens is 4. The Labute approximate surface area is 208 Å². The van der Waals surface area contributed by atoms with E-state index in [9.17, 15) is 18.0 Å². The molecule has 0 bridgehead atoms. The van der Waals surface area contributed by atoms with Gasteiger partial charge in [-0.15, -0.1) is 0 Å². The molecular weight excluding hydrogens is 492 g/mol. The maximum atomic E-state index is 15.3. The number of carbonyl (C=O) groups excluding carboxylic acids is 1. The van der Waals surface area contributed by atoms with Gasteiger partial charge in [0.2, 0.25) is 5.91 Å². The fourth-order valence-corrected chi connectivity index (χ4v) is 4.58. The second-order valence-corrected chi connectivity index (χ2v) is 8.72. The highest BCUT2D eigenvalue weighted by molar-refractivity contribution is 5.98. The minimum atomic E-state index is -2.35. The van der Waals surface area contributed by atoms with Gasteiger partial charge in [0.25, 0.3) is 0 Å². The van der Waals surface area contributed by atoms with Crippen LogP contribution in [0.3, 0.4) is 0 Å². The first-order valence-electron chi connectivity index (χ1n) is 11.5. The lowest BCUT2D eigenvalue weighted by atomic mass is 10.1. The largest absolute Gasteiger partial charge is 0.480 e. The number of rotatable bonds is 5. The summed E-state index contributed by atoms with van der Waals surface area (Å²) in [4.78, 5) is 22.1. The number of amides is 1. The second kappa shape index (κ2) is 9.68. The molecule has 2 N–H and O–H groups in total. The van der Waals surface area contributed by atoms with Crippen molar-refractivity contribution in [3.05, 3.63) is 66.8 Å². The fourth-order valence-electron chi connectivity index (χ4n) is 4.58. The van der Waals surface area contributed by atoms with Gasteiger partial charge in [0.15, 0.2) is 17.9 Å². The first kappa shape index (κ1) is 24.5. The number of carbonyl (C=O) groups is 1. The summed E-state index contributed by atoms with van der Waals surface area (Å²) in [5, 5.41) is 4.93. The van der Waals surface area contributed by atoms with Gasteiger partial charge in [0.1, 0.15) is 41.1 Å². The molecule has 5 rings (SSSR count). The van der Waals surface area contributed by atoms with E-state index < -0.39 is 29.7 Å². The van der Waals surface area contributed by atoms with E-state index in [1.807, 2.05) is 0 Å². The second-order valence-electron chi connectivity index (χ2n) is 8.72. The Morgan fingerprint density at radius 3 is 2.73 bits per heavy atom. The van der Waals surface area contributed by atoms with Gasteiger partial charge < -0.3 is 15.4 Å². The molecule has 12 heteroatoms. The fraction of sp³-hybridized carbons (Fsp3) is 0.280. The standard InChI is InChI=1S/C25H22F4N6O2/c1-2-19(36)34-9-3-4-13(11-34)35-25-20(24(30)31-12-32-25)22(33-35)15-6-5-14(10-18(15)28)37-23-17(27)8-7-16(26)21(23)29/h2,5-8,10,12-13,21,23H,1,3-4,9,11H2,(H2,30,31,32). The molecule has 3 heterocycles. The van der Waals surface area contributed by atoms with Crippen LogP contribution in [0.15, 0.2) is 61.0 Å². The lowest BCUT2D eigenvalue weighted by molar-refractivity contribution is -0.127. The predicted molar refractivity (Wildman–Crippen MR) is 128 cm³/mol. The van der Waals surface area contributed by atoms with Gasteiger partial charge in [-0.2, -0.15) is 5.10 Å². The molecule has 3 atom stereocenters. The Kier molecular flexibility index (Phi) is 6.40. The molecule has 1 amide bonds. The number of ether oxygens (including phenoxy) is 1. The van der Waals surface area contributed by atoms with Crippen LogP contribution >= 0.6 is 0 Å². The van der Waals surface area contributed by atoms with Crippen molar-refractivity contribution in [2.45, 2.75) is 31.2 Å². The number of alkyl halides is 1. The van der Waals surface area contributed by atoms with Crippen molar-refractivity contribution >= 4 is 22.8 Å². The highest BCUT2D eigenvalue weighted by Gasteiger charge is 2.34. The third-order valence-corrected chi connectivity index (χ3v) is 6.41. The summed E-state index contributed by atoms with van der Waals surface area (Å²) >= 11 is 0. The monoisotopic (exact) mass is 514 g/mol. The van der Waals surface area contributed by atoms with E-state index in [4.69, 9.17) is 10.5 Å². The van der Waals surface area contributed by atoms with E-state index >= 15 is 4.39 Å². The molecule has 1 aromatic carbocycles. The van der Waals surface area contributed by atoms with Crippen LogP contribution in [-0.4, -0.2) is 55.9 Å². The number of nitrogens with zero attached hydrogens (tertiary/aromatic N) is 5. The van der Waals surface area contributed by atoms with E-state index in [2.05, 4.69) is 21.6 Å². The summed E-state index contributed by atoms with van der Waals surface area (Å²) < 4.78 is 63.8. The maximum Gasteiger partial charge on any atom is 0.246 e. The zero-order valence-corrected chi connectivity index (χ0v) is 19.5. The van der Waals surface area contributed by atoms with Crippen LogP contribution < -0.4 is 10.5 Å². The topological polar surface area (TPSA) is 99.2 Å². The van der Waals surface area contributed by atoms with E-state index in [1.54, 1.807) is 9.58 Å². The Hall–Kier alpha value is -4.22. The average Bonchev–Trinajstić information content (AvgIpc) is 3.29. The van der Waals surface area contributed by atoms with Crippen LogP contribution in [0.5, 0.6) is 5.75 Å². The highest BCUT2D eigenvalue weighted by atomic mass is 19.2. The van der Waals surface area contributed by atoms with Gasteiger partial charge in [0.05, 0.1) is 11.4 Å². The molecule has 1 aliphatic heterocycles. The van der Waals surface area contributed by atoms with Gasteiger partial charge in [-0.25, -0.2) is 32.2 Å². The number of hydrogen-bond acceptors (Lipinski definition) is 6. The number of anilines is 1. The average molecular weight is 514 g/mol. The quantitative estimate of drug-likeness (QED) is 0.401. The van der Waals surface area contributed by atoms with Crippen molar-refractivity contribution < 1.29 is 27.1 Å². The molecule has 8 nitrogen and oxygen atoms in total. The normalized spacial score (nSPS) is 21.9. The summed E-state index contributed by atoms with van der Waals surface area (Å²) in [6.07, 6.45) is 1.16. The van der Waals surface area contributed by atoms with Gasteiger partial charge in [0, 0.05) is 24.7 Å². The Morgan fingerprint density at radius 2 is 1.97 bits per heavy atom. The molecule has 3 unspecified atom stereocenters. The maximum absolute atomic E-state index is 15.3. The molecule has 1 saturated heterocycles. The van der Waals surface area contributed by atoms with Gasteiger partial charge in [-0.1, -0.05) is 6.58 Å². The number of benzene rings is 1. The third kappa shape index (κ3) is 4.43. The van der Waals surface area contributed by atoms with Crippen molar-refractivity contribution in [1.29, 1.82) is 0 Å². The summed E-state index contributed by atoms with van der Waals surface area (Å²) in [6.45, 7) is 4.47. The number of piperidine rings is 1. The zero-order valence-electron chi connectivity index (χ0n) is 19.5. The molecule has 1 fully saturated rings. The first-order valence-corrected chi connectivity index (χ1v) is 11.5. The minimum absolute atomic E-state index is 0.0231. The molecule has 2 aromatic heterocycles. The Balaban J connectivity index is 1.51. The van der Waals surface area contributed by atoms with Crippen LogP contribution in [0, 0.1) is 5.82 Å². The van der Waals surface area contributed by atoms with Crippen LogP contribution in [0.25, 0.3) is 22.3 Å². The van der Waals surface area contributed by atoms with Crippen molar-refractivity contribution in [2.75, 3.05) is 18.8 Å². The number of likely N-dealkylation sites (tertiary alicyclic amines) is 1. The van der Waals surface area contributed by atoms with Crippen molar-refractivity contribution in [1.82, 2.24) is 24.6 Å². The number of fused-ring (bicyclic) bond motifs is 1. The van der Waals surface area contributed by atoms with Crippen molar-refractivity contribution in [3.63, 3.8) is 0 Å². The lowest BCUT2D eigenvalue weighted by Gasteiger charge is -2.32. The summed E-state index contributed by atoms with van der Waals surface area (Å²) in [5.74, 6) is -3.35. The van der Waals surface area contributed by atoms with Crippen LogP contribution in [0.4, 0.5) is 23.4 Å². The molecule has 1 aliphatic carbocycles. The summed E-state index contributed by atoms with van der Waals surface area (Å²) in [5.41, 5.74) is 6.67. The Morgan fingerprint density at radius 1 is 1.19 bits per heavy atom. The molecule has 0 saturated carbocycles. The molecule has 0 spiro atoms. The first-order chi connectivity index (χ1) is 17.8. The zero-order chi connectivity index (χ0) is 26.3. The van der Waals surface area contributed by atoms with E-state index in [0.717, 1.165) is 18.6 Å². The summed E-state index contributed by atoms with van der Waals surface area (Å²) in [7, 11) is 0. The van der Waals surface area contributed by atoms with Gasteiger partial charge in [-0.3, -0.25) is 4.79 Å². The molecule has 192 valence electrons. The third-order valence-electron chi connectivity index (χ3n) is 6.41. The number of hydrogen-bond donors (Lipinski definition) is 1. The van der Waals surface area contributed by atoms with Gasteiger partial charge >= 0.3 is 0 Å². The number of nitrogen functional groups attached to an aromatic ring is 1. The van der Waals surface area contributed by atoms with E-state index in [1.165, 1.54) is 24.5 Å². The smallest absolute Gasteiger partial charge is 0.246 e. The number of aromatic nitrogens is 4. The SMILES string of the molecule is C=CC(=O)N1CCCC(n2nc(-c3ccc(OC4C(F)=CC=C(F)C4F)cc3F)c3c(N)ncnc32)C1. The van der Waals surface area contributed by atoms with Crippen molar-refractivity contribution in [3.8, 4) is 17.0 Å². The molecule has 0 radical (unpaired) electrons. The Bertz CT molecular complexity index is 1450. The predicted octanol–water partition coefficient (Wildman–Crippen LogP) is 4.37. The number of allylic oxidation sites excluding steroid dienone is 2. The molecule has 3 aromatic rings. The van der Waals surface area contributed by atoms with Crippen molar-refractivity contribution in [2.24, 2.45) is 0 Å². The van der Waals surface area contributed by atoms with Crippen LogP contribution in [0.2, 0.25) is 0 Å². The molecule has 37 heavy (non-hydrogen) atoms. The molecule has 2 aliphatic rings. The number of nitrogens with two attached hydrogens (primary N) is 1. The summed E-state index contributed by atoms with van der Waals surface area (Å²) in [6, 6.07) is 3.30. The van der Waals surface area contributed by atoms with Crippen LogP contribution in [0.1, 0.15) is 18.9 Å². The lowest BCUT2D eigenvalue weighted by Crippen LogP contribution is -2.40. The molecular formula is C25H22F4N6O2. The minimum Gasteiger partial charge on any atom is -0.480 e.